The number of halogens is 2. The molecule has 0 atom stereocenters. The molecule has 1 aliphatic carbocycles. The zero-order valence-corrected chi connectivity index (χ0v) is 11.1. The van der Waals surface area contributed by atoms with Crippen molar-refractivity contribution in [2.75, 3.05) is 11.9 Å². The van der Waals surface area contributed by atoms with E-state index in [2.05, 4.69) is 5.32 Å². The van der Waals surface area contributed by atoms with E-state index in [9.17, 15) is 13.6 Å². The van der Waals surface area contributed by atoms with Gasteiger partial charge in [-0.1, -0.05) is 13.0 Å². The largest absolute Gasteiger partial charge is 0.329 e. The van der Waals surface area contributed by atoms with Gasteiger partial charge in [0.2, 0.25) is 5.91 Å². The molecular formula is C14H18F2N2O. The molecule has 5 heteroatoms. The number of carbonyl (C=O) groups is 1. The molecule has 0 radical (unpaired) electrons. The Labute approximate surface area is 111 Å². The lowest BCUT2D eigenvalue weighted by Gasteiger charge is -2.44. The summed E-state index contributed by atoms with van der Waals surface area (Å²) in [7, 11) is 0. The van der Waals surface area contributed by atoms with Crippen LogP contribution in [0.5, 0.6) is 0 Å². The van der Waals surface area contributed by atoms with Gasteiger partial charge in [-0.25, -0.2) is 8.78 Å². The molecule has 0 saturated heterocycles. The number of nitrogens with two attached hydrogens (primary N) is 1. The van der Waals surface area contributed by atoms with E-state index in [0.29, 0.717) is 24.3 Å². The van der Waals surface area contributed by atoms with Crippen LogP contribution in [-0.4, -0.2) is 12.5 Å². The standard InChI is InChI=1S/C14H18F2N2O/c1-8-5-14(6-8,7-17)13(19)18-12-10(15)4-3-9(2)11(12)16/h3-4,8H,5-7,17H2,1-2H3,(H,18,19). The molecule has 0 spiro atoms. The number of hydrogen-bond donors (Lipinski definition) is 2. The van der Waals surface area contributed by atoms with Crippen molar-refractivity contribution < 1.29 is 13.6 Å². The molecule has 19 heavy (non-hydrogen) atoms. The highest BCUT2D eigenvalue weighted by Crippen LogP contribution is 2.45. The average Bonchev–Trinajstić information content (AvgIpc) is 2.35. The van der Waals surface area contributed by atoms with Crippen LogP contribution in [0.1, 0.15) is 25.3 Å². The predicted octanol–water partition coefficient (Wildman–Crippen LogP) is 2.59. The number of nitrogens with one attached hydrogen (secondary N) is 1. The summed E-state index contributed by atoms with van der Waals surface area (Å²) >= 11 is 0. The highest BCUT2D eigenvalue weighted by atomic mass is 19.1. The second-order valence-electron chi connectivity index (χ2n) is 5.51. The Morgan fingerprint density at radius 3 is 2.63 bits per heavy atom. The highest BCUT2D eigenvalue weighted by Gasteiger charge is 2.47. The molecule has 3 nitrogen and oxygen atoms in total. The molecule has 1 amide bonds. The van der Waals surface area contributed by atoms with E-state index >= 15 is 0 Å². The number of hydrogen-bond acceptors (Lipinski definition) is 2. The number of aryl methyl sites for hydroxylation is 1. The first kappa shape index (κ1) is 13.9. The summed E-state index contributed by atoms with van der Waals surface area (Å²) in [5.74, 6) is -1.47. The van der Waals surface area contributed by atoms with Gasteiger partial charge in [-0.3, -0.25) is 4.79 Å². The van der Waals surface area contributed by atoms with Gasteiger partial charge in [0.15, 0.2) is 5.82 Å². The summed E-state index contributed by atoms with van der Waals surface area (Å²) < 4.78 is 27.4. The molecule has 1 aromatic rings. The minimum atomic E-state index is -0.768. The molecule has 1 aromatic carbocycles. The second-order valence-corrected chi connectivity index (χ2v) is 5.51. The van der Waals surface area contributed by atoms with Crippen LogP contribution in [0.15, 0.2) is 12.1 Å². The van der Waals surface area contributed by atoms with Gasteiger partial charge < -0.3 is 11.1 Å². The fraction of sp³-hybridized carbons (Fsp3) is 0.500. The van der Waals surface area contributed by atoms with Crippen molar-refractivity contribution in [3.8, 4) is 0 Å². The zero-order chi connectivity index (χ0) is 14.2. The van der Waals surface area contributed by atoms with E-state index in [4.69, 9.17) is 5.73 Å². The maximum atomic E-state index is 13.8. The summed E-state index contributed by atoms with van der Waals surface area (Å²) in [6.07, 6.45) is 1.31. The third-order valence-corrected chi connectivity index (χ3v) is 3.87. The maximum absolute atomic E-state index is 13.8. The fourth-order valence-electron chi connectivity index (χ4n) is 2.74. The molecule has 3 N–H and O–H groups in total. The smallest absolute Gasteiger partial charge is 0.232 e. The van der Waals surface area contributed by atoms with Gasteiger partial charge >= 0.3 is 0 Å². The number of carbonyl (C=O) groups excluding carboxylic acids is 1. The van der Waals surface area contributed by atoms with E-state index in [-0.39, 0.29) is 12.2 Å². The molecule has 0 unspecified atom stereocenters. The van der Waals surface area contributed by atoms with Crippen LogP contribution >= 0.6 is 0 Å². The lowest BCUT2D eigenvalue weighted by atomic mass is 9.62. The lowest BCUT2D eigenvalue weighted by Crippen LogP contribution is -2.51. The topological polar surface area (TPSA) is 55.1 Å². The zero-order valence-electron chi connectivity index (χ0n) is 11.1. The van der Waals surface area contributed by atoms with Crippen molar-refractivity contribution >= 4 is 11.6 Å². The minimum Gasteiger partial charge on any atom is -0.329 e. The van der Waals surface area contributed by atoms with Crippen molar-refractivity contribution in [2.24, 2.45) is 17.1 Å². The molecule has 2 rings (SSSR count). The summed E-state index contributed by atoms with van der Waals surface area (Å²) in [5, 5.41) is 2.36. The summed E-state index contributed by atoms with van der Waals surface area (Å²) in [6, 6.07) is 2.48. The van der Waals surface area contributed by atoms with E-state index in [1.807, 2.05) is 6.92 Å². The first-order valence-electron chi connectivity index (χ1n) is 6.36. The Morgan fingerprint density at radius 1 is 1.47 bits per heavy atom. The van der Waals surface area contributed by atoms with Crippen molar-refractivity contribution in [1.82, 2.24) is 0 Å². The molecule has 104 valence electrons. The van der Waals surface area contributed by atoms with E-state index in [0.717, 1.165) is 6.07 Å². The van der Waals surface area contributed by atoms with Gasteiger partial charge in [0.05, 0.1) is 5.41 Å². The Kier molecular flexibility index (Phi) is 3.58. The molecule has 0 bridgehead atoms. The van der Waals surface area contributed by atoms with Crippen molar-refractivity contribution in [2.45, 2.75) is 26.7 Å². The van der Waals surface area contributed by atoms with E-state index in [1.54, 1.807) is 0 Å². The Morgan fingerprint density at radius 2 is 2.11 bits per heavy atom. The van der Waals surface area contributed by atoms with E-state index < -0.39 is 23.0 Å². The number of anilines is 1. The SMILES string of the molecule is Cc1ccc(F)c(NC(=O)C2(CN)CC(C)C2)c1F. The molecule has 0 aliphatic heterocycles. The monoisotopic (exact) mass is 268 g/mol. The molecule has 1 fully saturated rings. The number of benzene rings is 1. The number of rotatable bonds is 3. The lowest BCUT2D eigenvalue weighted by molar-refractivity contribution is -0.132. The normalized spacial score (nSPS) is 25.8. The molecule has 0 heterocycles. The van der Waals surface area contributed by atoms with Crippen LogP contribution in [0.4, 0.5) is 14.5 Å². The Hall–Kier alpha value is -1.49. The molecular weight excluding hydrogens is 250 g/mol. The van der Waals surface area contributed by atoms with Crippen LogP contribution in [-0.2, 0) is 4.79 Å². The van der Waals surface area contributed by atoms with Gasteiger partial charge in [0.25, 0.3) is 0 Å². The third-order valence-electron chi connectivity index (χ3n) is 3.87. The first-order valence-corrected chi connectivity index (χ1v) is 6.36. The first-order chi connectivity index (χ1) is 8.89. The third kappa shape index (κ3) is 2.34. The van der Waals surface area contributed by atoms with Crippen molar-refractivity contribution in [1.29, 1.82) is 0 Å². The predicted molar refractivity (Wildman–Crippen MR) is 69.6 cm³/mol. The number of amides is 1. The van der Waals surface area contributed by atoms with Gasteiger partial charge in [-0.2, -0.15) is 0 Å². The van der Waals surface area contributed by atoms with Crippen LogP contribution in [0.2, 0.25) is 0 Å². The van der Waals surface area contributed by atoms with Crippen LogP contribution in [0.25, 0.3) is 0 Å². The minimum absolute atomic E-state index is 0.193. The van der Waals surface area contributed by atoms with Crippen molar-refractivity contribution in [3.05, 3.63) is 29.3 Å². The van der Waals surface area contributed by atoms with Gasteiger partial charge in [0, 0.05) is 6.54 Å². The fourth-order valence-corrected chi connectivity index (χ4v) is 2.74. The quantitative estimate of drug-likeness (QED) is 0.885. The summed E-state index contributed by atoms with van der Waals surface area (Å²) in [4.78, 5) is 12.2. The second kappa shape index (κ2) is 4.89. The maximum Gasteiger partial charge on any atom is 0.232 e. The summed E-state index contributed by atoms with van der Waals surface area (Å²) in [5.41, 5.74) is 4.88. The van der Waals surface area contributed by atoms with Crippen LogP contribution in [0, 0.1) is 29.9 Å². The van der Waals surface area contributed by atoms with Gasteiger partial charge in [0.1, 0.15) is 11.5 Å². The van der Waals surface area contributed by atoms with Gasteiger partial charge in [-0.05, 0) is 37.3 Å². The Balaban J connectivity index is 2.22. The molecule has 1 aliphatic rings. The molecule has 0 aromatic heterocycles. The van der Waals surface area contributed by atoms with E-state index in [1.165, 1.54) is 13.0 Å². The van der Waals surface area contributed by atoms with Gasteiger partial charge in [-0.15, -0.1) is 0 Å². The van der Waals surface area contributed by atoms with Crippen LogP contribution < -0.4 is 11.1 Å². The Bertz CT molecular complexity index is 510. The summed E-state index contributed by atoms with van der Waals surface area (Å²) in [6.45, 7) is 3.74. The highest BCUT2D eigenvalue weighted by molar-refractivity contribution is 5.96. The average molecular weight is 268 g/mol. The van der Waals surface area contributed by atoms with Crippen molar-refractivity contribution in [3.63, 3.8) is 0 Å². The molecule has 1 saturated carbocycles. The van der Waals surface area contributed by atoms with Crippen LogP contribution in [0.3, 0.4) is 0 Å².